The second-order valence-corrected chi connectivity index (χ2v) is 5.44. The summed E-state index contributed by atoms with van der Waals surface area (Å²) in [5, 5.41) is 4.80. The second-order valence-electron chi connectivity index (χ2n) is 5.03. The van der Waals surface area contributed by atoms with Crippen molar-refractivity contribution in [2.75, 3.05) is 6.54 Å². The first-order valence-electron chi connectivity index (χ1n) is 6.93. The predicted molar refractivity (Wildman–Crippen MR) is 85.1 cm³/mol. The highest BCUT2D eigenvalue weighted by molar-refractivity contribution is 6.30. The van der Waals surface area contributed by atoms with Crippen molar-refractivity contribution in [3.8, 4) is 0 Å². The highest BCUT2D eigenvalue weighted by Crippen LogP contribution is 2.18. The zero-order valence-electron chi connectivity index (χ0n) is 11.5. The van der Waals surface area contributed by atoms with Crippen LogP contribution in [0.2, 0.25) is 5.02 Å². The van der Waals surface area contributed by atoms with Crippen molar-refractivity contribution >= 4 is 22.5 Å². The van der Waals surface area contributed by atoms with Gasteiger partial charge in [-0.2, -0.15) is 0 Å². The SMILES string of the molecule is Fc1ccc(CNCCc2c[nH]c3ccccc23)cc1Cl. The third kappa shape index (κ3) is 3.26. The quantitative estimate of drug-likeness (QED) is 0.676. The molecule has 0 aliphatic rings. The molecule has 0 bridgehead atoms. The molecule has 3 aromatic rings. The minimum Gasteiger partial charge on any atom is -0.361 e. The number of fused-ring (bicyclic) bond motifs is 1. The molecule has 2 aromatic carbocycles. The summed E-state index contributed by atoms with van der Waals surface area (Å²) in [6.07, 6.45) is 3.00. The lowest BCUT2D eigenvalue weighted by molar-refractivity contribution is 0.625. The van der Waals surface area contributed by atoms with Gasteiger partial charge in [0.2, 0.25) is 0 Å². The van der Waals surface area contributed by atoms with Gasteiger partial charge in [0.15, 0.2) is 0 Å². The summed E-state index contributed by atoms with van der Waals surface area (Å²) in [6, 6.07) is 13.1. The normalized spacial score (nSPS) is 11.1. The smallest absolute Gasteiger partial charge is 0.141 e. The Morgan fingerprint density at radius 1 is 1.14 bits per heavy atom. The molecule has 0 atom stereocenters. The molecule has 4 heteroatoms. The second kappa shape index (κ2) is 6.29. The zero-order valence-corrected chi connectivity index (χ0v) is 12.3. The van der Waals surface area contributed by atoms with Crippen molar-refractivity contribution in [2.24, 2.45) is 0 Å². The van der Waals surface area contributed by atoms with Crippen LogP contribution < -0.4 is 5.32 Å². The van der Waals surface area contributed by atoms with E-state index in [1.54, 1.807) is 12.1 Å². The predicted octanol–water partition coefficient (Wildman–Crippen LogP) is 4.29. The Morgan fingerprint density at radius 3 is 2.86 bits per heavy atom. The monoisotopic (exact) mass is 302 g/mol. The molecule has 21 heavy (non-hydrogen) atoms. The molecule has 0 amide bonds. The topological polar surface area (TPSA) is 27.8 Å². The number of H-pyrrole nitrogens is 1. The molecule has 3 rings (SSSR count). The van der Waals surface area contributed by atoms with Gasteiger partial charge in [0, 0.05) is 23.6 Å². The molecule has 0 unspecified atom stereocenters. The molecule has 0 saturated heterocycles. The summed E-state index contributed by atoms with van der Waals surface area (Å²) in [6.45, 7) is 1.54. The van der Waals surface area contributed by atoms with E-state index in [-0.39, 0.29) is 10.8 Å². The van der Waals surface area contributed by atoms with Crippen LogP contribution in [-0.2, 0) is 13.0 Å². The number of nitrogens with one attached hydrogen (secondary N) is 2. The van der Waals surface area contributed by atoms with Gasteiger partial charge in [0.25, 0.3) is 0 Å². The Labute approximate surface area is 127 Å². The van der Waals surface area contributed by atoms with Crippen LogP contribution in [0.3, 0.4) is 0 Å². The molecule has 108 valence electrons. The van der Waals surface area contributed by atoms with Gasteiger partial charge in [-0.3, -0.25) is 0 Å². The molecule has 0 spiro atoms. The standard InChI is InChI=1S/C17H16ClFN2/c18-15-9-12(5-6-16(15)19)10-20-8-7-13-11-21-17-4-2-1-3-14(13)17/h1-6,9,11,20-21H,7-8,10H2. The van der Waals surface area contributed by atoms with Gasteiger partial charge in [-0.25, -0.2) is 4.39 Å². The Bertz CT molecular complexity index is 751. The minimum absolute atomic E-state index is 0.172. The van der Waals surface area contributed by atoms with E-state index in [2.05, 4.69) is 28.6 Å². The summed E-state index contributed by atoms with van der Waals surface area (Å²) in [4.78, 5) is 3.27. The van der Waals surface area contributed by atoms with Crippen LogP contribution >= 0.6 is 11.6 Å². The lowest BCUT2D eigenvalue weighted by atomic mass is 10.1. The van der Waals surface area contributed by atoms with Crippen molar-refractivity contribution < 1.29 is 4.39 Å². The van der Waals surface area contributed by atoms with Crippen molar-refractivity contribution in [3.05, 3.63) is 70.6 Å². The molecule has 0 aliphatic heterocycles. The fourth-order valence-electron chi connectivity index (χ4n) is 2.44. The molecule has 0 aliphatic carbocycles. The van der Waals surface area contributed by atoms with E-state index in [0.29, 0.717) is 6.54 Å². The van der Waals surface area contributed by atoms with Gasteiger partial charge < -0.3 is 10.3 Å². The molecule has 1 aromatic heterocycles. The minimum atomic E-state index is -0.376. The van der Waals surface area contributed by atoms with E-state index in [9.17, 15) is 4.39 Å². The summed E-state index contributed by atoms with van der Waals surface area (Å²) in [7, 11) is 0. The van der Waals surface area contributed by atoms with Crippen molar-refractivity contribution in [1.29, 1.82) is 0 Å². The van der Waals surface area contributed by atoms with E-state index >= 15 is 0 Å². The highest BCUT2D eigenvalue weighted by atomic mass is 35.5. The van der Waals surface area contributed by atoms with Crippen molar-refractivity contribution in [3.63, 3.8) is 0 Å². The fraction of sp³-hybridized carbons (Fsp3) is 0.176. The molecule has 1 heterocycles. The highest BCUT2D eigenvalue weighted by Gasteiger charge is 2.03. The fourth-order valence-corrected chi connectivity index (χ4v) is 2.65. The van der Waals surface area contributed by atoms with Crippen molar-refractivity contribution in [2.45, 2.75) is 13.0 Å². The number of aromatic nitrogens is 1. The third-order valence-electron chi connectivity index (χ3n) is 3.56. The summed E-state index contributed by atoms with van der Waals surface area (Å²) in [5.74, 6) is -0.376. The van der Waals surface area contributed by atoms with Gasteiger partial charge in [-0.1, -0.05) is 35.9 Å². The molecular weight excluding hydrogens is 287 g/mol. The molecule has 2 nitrogen and oxygen atoms in total. The van der Waals surface area contributed by atoms with Crippen LogP contribution in [0.15, 0.2) is 48.7 Å². The van der Waals surface area contributed by atoms with Crippen molar-refractivity contribution in [1.82, 2.24) is 10.3 Å². The maximum absolute atomic E-state index is 13.1. The Balaban J connectivity index is 1.55. The van der Waals surface area contributed by atoms with Gasteiger partial charge in [0.05, 0.1) is 5.02 Å². The molecule has 2 N–H and O–H groups in total. The number of para-hydroxylation sites is 1. The van der Waals surface area contributed by atoms with Crippen LogP contribution in [0.4, 0.5) is 4.39 Å². The molecule has 0 saturated carbocycles. The number of aromatic amines is 1. The Kier molecular flexibility index (Phi) is 4.23. The zero-order chi connectivity index (χ0) is 14.7. The first-order valence-corrected chi connectivity index (χ1v) is 7.31. The van der Waals surface area contributed by atoms with Crippen LogP contribution in [0.5, 0.6) is 0 Å². The van der Waals surface area contributed by atoms with Crippen LogP contribution in [0.1, 0.15) is 11.1 Å². The largest absolute Gasteiger partial charge is 0.361 e. The number of halogens is 2. The van der Waals surface area contributed by atoms with E-state index < -0.39 is 0 Å². The van der Waals surface area contributed by atoms with Crippen LogP contribution in [0, 0.1) is 5.82 Å². The Morgan fingerprint density at radius 2 is 2.00 bits per heavy atom. The summed E-state index contributed by atoms with van der Waals surface area (Å²) < 4.78 is 13.1. The lowest BCUT2D eigenvalue weighted by Crippen LogP contribution is -2.16. The number of hydrogen-bond acceptors (Lipinski definition) is 1. The maximum atomic E-state index is 13.1. The van der Waals surface area contributed by atoms with E-state index in [0.717, 1.165) is 24.0 Å². The van der Waals surface area contributed by atoms with Crippen LogP contribution in [-0.4, -0.2) is 11.5 Å². The summed E-state index contributed by atoms with van der Waals surface area (Å²) >= 11 is 5.77. The van der Waals surface area contributed by atoms with Gasteiger partial charge in [-0.05, 0) is 42.3 Å². The number of benzene rings is 2. The molecule has 0 radical (unpaired) electrons. The van der Waals surface area contributed by atoms with E-state index in [1.165, 1.54) is 17.0 Å². The van der Waals surface area contributed by atoms with Gasteiger partial charge >= 0.3 is 0 Å². The number of hydrogen-bond donors (Lipinski definition) is 2. The average molecular weight is 303 g/mol. The lowest BCUT2D eigenvalue weighted by Gasteiger charge is -2.05. The average Bonchev–Trinajstić information content (AvgIpc) is 2.91. The van der Waals surface area contributed by atoms with Crippen LogP contribution in [0.25, 0.3) is 10.9 Å². The number of rotatable bonds is 5. The third-order valence-corrected chi connectivity index (χ3v) is 3.85. The maximum Gasteiger partial charge on any atom is 0.141 e. The molecule has 0 fully saturated rings. The van der Waals surface area contributed by atoms with Gasteiger partial charge in [0.1, 0.15) is 5.82 Å². The van der Waals surface area contributed by atoms with E-state index in [4.69, 9.17) is 11.6 Å². The van der Waals surface area contributed by atoms with E-state index in [1.807, 2.05) is 12.1 Å². The first-order chi connectivity index (χ1) is 10.2. The van der Waals surface area contributed by atoms with Gasteiger partial charge in [-0.15, -0.1) is 0 Å². The summed E-state index contributed by atoms with van der Waals surface area (Å²) in [5.41, 5.74) is 3.45. The Hall–Kier alpha value is -1.84. The molecular formula is C17H16ClFN2. The first kappa shape index (κ1) is 14.1.